The molecule has 1 aliphatic carbocycles. The van der Waals surface area contributed by atoms with Gasteiger partial charge < -0.3 is 15.2 Å². The molecular weight excluding hydrogens is 308 g/mol. The summed E-state index contributed by atoms with van der Waals surface area (Å²) in [6.45, 7) is 4.88. The second kappa shape index (κ2) is 7.61. The van der Waals surface area contributed by atoms with E-state index in [-0.39, 0.29) is 36.7 Å². The average molecular weight is 336 g/mol. The van der Waals surface area contributed by atoms with E-state index in [4.69, 9.17) is 4.74 Å². The fourth-order valence-electron chi connectivity index (χ4n) is 3.12. The number of hydrogen-bond donors (Lipinski definition) is 2. The molecule has 1 aromatic heterocycles. The number of aliphatic hydroxyl groups is 1. The Kier molecular flexibility index (Phi) is 5.50. The van der Waals surface area contributed by atoms with E-state index in [0.29, 0.717) is 5.92 Å². The number of nitrogens with one attached hydrogen (secondary N) is 1. The topological polar surface area (TPSA) is 89.3 Å². The molecule has 0 spiro atoms. The summed E-state index contributed by atoms with van der Waals surface area (Å²) in [5, 5.41) is 20.9. The van der Waals surface area contributed by atoms with Gasteiger partial charge in [-0.05, 0) is 38.0 Å². The molecule has 3 atom stereocenters. The maximum Gasteiger partial charge on any atom is 0.223 e. The minimum Gasteiger partial charge on any atom is -0.394 e. The number of hydrogen-bond acceptors (Lipinski definition) is 5. The van der Waals surface area contributed by atoms with Gasteiger partial charge in [-0.15, -0.1) is 5.10 Å². The first-order chi connectivity index (χ1) is 11.6. The lowest BCUT2D eigenvalue weighted by Gasteiger charge is -2.36. The number of carbonyl (C=O) groups is 1. The Labute approximate surface area is 142 Å². The number of rotatable bonds is 7. The first-order valence-electron chi connectivity index (χ1n) is 9.03. The highest BCUT2D eigenvalue weighted by molar-refractivity contribution is 5.81. The van der Waals surface area contributed by atoms with E-state index in [2.05, 4.69) is 29.5 Å². The number of nitrogens with zero attached hydrogens (tertiary/aromatic N) is 3. The lowest BCUT2D eigenvalue weighted by atomic mass is 9.97. The molecule has 1 saturated heterocycles. The Morgan fingerprint density at radius 2 is 2.21 bits per heavy atom. The normalized spacial score (nSPS) is 27.4. The van der Waals surface area contributed by atoms with Crippen molar-refractivity contribution in [2.75, 3.05) is 6.61 Å². The highest BCUT2D eigenvalue weighted by Crippen LogP contribution is 2.30. The SMILES string of the molecule is CC(C)c1cn(CC[C@H]2CC[C@H](NC(=O)C3CC3)[C@H](CO)O2)nn1. The molecule has 0 bridgehead atoms. The molecule has 134 valence electrons. The predicted octanol–water partition coefficient (Wildman–Crippen LogP) is 1.23. The van der Waals surface area contributed by atoms with Gasteiger partial charge in [0.05, 0.1) is 24.4 Å². The van der Waals surface area contributed by atoms with E-state index in [9.17, 15) is 9.90 Å². The van der Waals surface area contributed by atoms with Gasteiger partial charge >= 0.3 is 0 Å². The standard InChI is InChI=1S/C17H28N4O3/c1-11(2)15-9-21(20-19-15)8-7-13-5-6-14(16(10-22)24-13)18-17(23)12-3-4-12/h9,11-14,16,22H,3-8,10H2,1-2H3,(H,18,23)/t13-,14+,16+/m1/s1. The molecule has 1 saturated carbocycles. The number of aryl methyl sites for hydroxylation is 1. The molecule has 0 aromatic carbocycles. The number of aromatic nitrogens is 3. The Hall–Kier alpha value is -1.47. The van der Waals surface area contributed by atoms with Crippen molar-refractivity contribution in [1.29, 1.82) is 0 Å². The molecule has 0 radical (unpaired) electrons. The Balaban J connectivity index is 1.46. The smallest absolute Gasteiger partial charge is 0.223 e. The summed E-state index contributed by atoms with van der Waals surface area (Å²) in [5.41, 5.74) is 0.996. The van der Waals surface area contributed by atoms with Gasteiger partial charge in [-0.2, -0.15) is 0 Å². The van der Waals surface area contributed by atoms with Gasteiger partial charge in [-0.1, -0.05) is 19.1 Å². The number of ether oxygens (including phenoxy) is 1. The fraction of sp³-hybridized carbons (Fsp3) is 0.824. The second-order valence-corrected chi connectivity index (χ2v) is 7.30. The molecule has 0 unspecified atom stereocenters. The van der Waals surface area contributed by atoms with E-state index in [1.54, 1.807) is 0 Å². The van der Waals surface area contributed by atoms with Crippen molar-refractivity contribution in [1.82, 2.24) is 20.3 Å². The van der Waals surface area contributed by atoms with Gasteiger partial charge in [0.1, 0.15) is 6.10 Å². The van der Waals surface area contributed by atoms with Crippen molar-refractivity contribution in [3.05, 3.63) is 11.9 Å². The average Bonchev–Trinajstić information content (AvgIpc) is 3.32. The van der Waals surface area contributed by atoms with Gasteiger partial charge in [-0.3, -0.25) is 9.48 Å². The molecule has 7 heteroatoms. The summed E-state index contributed by atoms with van der Waals surface area (Å²) in [6, 6.07) is -0.0711. The molecular formula is C17H28N4O3. The zero-order valence-electron chi connectivity index (χ0n) is 14.5. The molecule has 2 fully saturated rings. The van der Waals surface area contributed by atoms with Gasteiger partial charge in [0.2, 0.25) is 5.91 Å². The minimum absolute atomic E-state index is 0.0626. The van der Waals surface area contributed by atoms with Crippen LogP contribution >= 0.6 is 0 Å². The van der Waals surface area contributed by atoms with Crippen LogP contribution in [0.4, 0.5) is 0 Å². The van der Waals surface area contributed by atoms with Crippen LogP contribution in [0.3, 0.4) is 0 Å². The largest absolute Gasteiger partial charge is 0.394 e. The summed E-state index contributed by atoms with van der Waals surface area (Å²) in [6.07, 6.45) is 6.30. The molecule has 1 aliphatic heterocycles. The molecule has 2 N–H and O–H groups in total. The predicted molar refractivity (Wildman–Crippen MR) is 88.4 cm³/mol. The second-order valence-electron chi connectivity index (χ2n) is 7.30. The van der Waals surface area contributed by atoms with Gasteiger partial charge in [0.25, 0.3) is 0 Å². The van der Waals surface area contributed by atoms with E-state index < -0.39 is 0 Å². The molecule has 24 heavy (non-hydrogen) atoms. The maximum absolute atomic E-state index is 11.9. The van der Waals surface area contributed by atoms with Crippen LogP contribution in [0.1, 0.15) is 57.6 Å². The van der Waals surface area contributed by atoms with Crippen molar-refractivity contribution in [3.63, 3.8) is 0 Å². The van der Waals surface area contributed by atoms with Crippen LogP contribution in [0.15, 0.2) is 6.20 Å². The minimum atomic E-state index is -0.312. The molecule has 1 amide bonds. The van der Waals surface area contributed by atoms with Crippen LogP contribution in [-0.4, -0.2) is 50.9 Å². The molecule has 3 rings (SSSR count). The van der Waals surface area contributed by atoms with E-state index in [1.165, 1.54) is 0 Å². The first-order valence-corrected chi connectivity index (χ1v) is 9.03. The Morgan fingerprint density at radius 3 is 2.83 bits per heavy atom. The summed E-state index contributed by atoms with van der Waals surface area (Å²) in [7, 11) is 0. The first kappa shape index (κ1) is 17.4. The fourth-order valence-corrected chi connectivity index (χ4v) is 3.12. The number of amides is 1. The van der Waals surface area contributed by atoms with Gasteiger partial charge in [-0.25, -0.2) is 0 Å². The third-order valence-corrected chi connectivity index (χ3v) is 4.90. The van der Waals surface area contributed by atoms with E-state index in [1.807, 2.05) is 10.9 Å². The van der Waals surface area contributed by atoms with Crippen molar-refractivity contribution >= 4 is 5.91 Å². The van der Waals surface area contributed by atoms with Crippen LogP contribution in [-0.2, 0) is 16.1 Å². The Bertz CT molecular complexity index is 556. The van der Waals surface area contributed by atoms with Crippen molar-refractivity contribution in [2.45, 2.75) is 76.7 Å². The molecule has 1 aromatic rings. The summed E-state index contributed by atoms with van der Waals surface area (Å²) in [4.78, 5) is 11.9. The number of carbonyl (C=O) groups excluding carboxylic acids is 1. The lowest BCUT2D eigenvalue weighted by molar-refractivity contribution is -0.129. The van der Waals surface area contributed by atoms with Crippen LogP contribution < -0.4 is 5.32 Å². The molecule has 2 heterocycles. The van der Waals surface area contributed by atoms with Gasteiger partial charge in [0.15, 0.2) is 0 Å². The van der Waals surface area contributed by atoms with Crippen molar-refractivity contribution in [2.24, 2.45) is 5.92 Å². The van der Waals surface area contributed by atoms with Crippen LogP contribution in [0.25, 0.3) is 0 Å². The third-order valence-electron chi connectivity index (χ3n) is 4.90. The zero-order valence-corrected chi connectivity index (χ0v) is 14.5. The van der Waals surface area contributed by atoms with Crippen LogP contribution in [0.2, 0.25) is 0 Å². The lowest BCUT2D eigenvalue weighted by Crippen LogP contribution is -2.51. The summed E-state index contributed by atoms with van der Waals surface area (Å²) in [5.74, 6) is 0.674. The molecule has 7 nitrogen and oxygen atoms in total. The monoisotopic (exact) mass is 336 g/mol. The summed E-state index contributed by atoms with van der Waals surface area (Å²) >= 11 is 0. The third kappa shape index (κ3) is 4.33. The summed E-state index contributed by atoms with van der Waals surface area (Å²) < 4.78 is 7.85. The molecule has 2 aliphatic rings. The van der Waals surface area contributed by atoms with E-state index in [0.717, 1.165) is 44.3 Å². The zero-order chi connectivity index (χ0) is 17.1. The quantitative estimate of drug-likeness (QED) is 0.782. The van der Waals surface area contributed by atoms with Crippen molar-refractivity contribution in [3.8, 4) is 0 Å². The highest BCUT2D eigenvalue weighted by atomic mass is 16.5. The highest BCUT2D eigenvalue weighted by Gasteiger charge is 2.36. The van der Waals surface area contributed by atoms with Crippen molar-refractivity contribution < 1.29 is 14.6 Å². The number of aliphatic hydroxyl groups excluding tert-OH is 1. The maximum atomic E-state index is 11.9. The van der Waals surface area contributed by atoms with Gasteiger partial charge in [0, 0.05) is 18.7 Å². The van der Waals surface area contributed by atoms with Crippen LogP contribution in [0.5, 0.6) is 0 Å². The van der Waals surface area contributed by atoms with Crippen LogP contribution in [0, 0.1) is 5.92 Å². The van der Waals surface area contributed by atoms with E-state index >= 15 is 0 Å². The Morgan fingerprint density at radius 1 is 1.42 bits per heavy atom.